The zero-order valence-electron chi connectivity index (χ0n) is 18.3. The van der Waals surface area contributed by atoms with Crippen LogP contribution < -0.4 is 10.3 Å². The van der Waals surface area contributed by atoms with E-state index in [9.17, 15) is 14.4 Å². The Morgan fingerprint density at radius 3 is 2.66 bits per heavy atom. The van der Waals surface area contributed by atoms with Crippen molar-refractivity contribution in [2.45, 2.75) is 25.8 Å². The molecule has 3 heterocycles. The van der Waals surface area contributed by atoms with Gasteiger partial charge in [0.05, 0.1) is 10.9 Å². The molecule has 0 N–H and O–H groups in total. The fourth-order valence-corrected chi connectivity index (χ4v) is 4.98. The minimum Gasteiger partial charge on any atom is -0.450 e. The summed E-state index contributed by atoms with van der Waals surface area (Å²) in [4.78, 5) is 44.3. The van der Waals surface area contributed by atoms with Gasteiger partial charge in [-0.2, -0.15) is 0 Å². The van der Waals surface area contributed by atoms with E-state index in [4.69, 9.17) is 9.15 Å². The van der Waals surface area contributed by atoms with Crippen LogP contribution in [0.2, 0.25) is 0 Å². The van der Waals surface area contributed by atoms with Crippen molar-refractivity contribution in [1.82, 2.24) is 4.90 Å². The molecule has 2 aliphatic heterocycles. The lowest BCUT2D eigenvalue weighted by atomic mass is 9.84. The highest BCUT2D eigenvalue weighted by Gasteiger charge is 2.64. The first-order valence-corrected chi connectivity index (χ1v) is 10.8. The fourth-order valence-electron chi connectivity index (χ4n) is 4.98. The van der Waals surface area contributed by atoms with Crippen molar-refractivity contribution in [3.05, 3.63) is 75.1 Å². The Morgan fingerprint density at radius 2 is 1.88 bits per heavy atom. The maximum absolute atomic E-state index is 13.9. The van der Waals surface area contributed by atoms with Crippen molar-refractivity contribution in [2.75, 3.05) is 31.7 Å². The topological polar surface area (TPSA) is 80.1 Å². The molecule has 1 aromatic heterocycles. The standard InChI is InChI=1S/C25H24N2O5/c1-4-31-13-7-12-27-23(29)22-20(21(28)16-14-15(2)10-11-19(16)32-22)25(27)17-8-5-6-9-18(17)26(3)24(25)30/h5-6,8-11,14H,4,7,12-13H2,1-3H3. The molecule has 1 spiro atoms. The summed E-state index contributed by atoms with van der Waals surface area (Å²) in [6.07, 6.45) is 0.529. The lowest BCUT2D eigenvalue weighted by molar-refractivity contribution is -0.125. The highest BCUT2D eigenvalue weighted by Crippen LogP contribution is 2.52. The number of fused-ring (bicyclic) bond motifs is 5. The Hall–Kier alpha value is -3.45. The van der Waals surface area contributed by atoms with E-state index in [-0.39, 0.29) is 29.2 Å². The summed E-state index contributed by atoms with van der Waals surface area (Å²) in [5.74, 6) is -0.836. The van der Waals surface area contributed by atoms with Crippen molar-refractivity contribution < 1.29 is 18.7 Å². The Labute approximate surface area is 185 Å². The first-order chi connectivity index (χ1) is 15.4. The average molecular weight is 432 g/mol. The maximum atomic E-state index is 13.9. The van der Waals surface area contributed by atoms with E-state index in [0.29, 0.717) is 41.9 Å². The predicted molar refractivity (Wildman–Crippen MR) is 120 cm³/mol. The number of anilines is 1. The summed E-state index contributed by atoms with van der Waals surface area (Å²) in [7, 11) is 1.67. The van der Waals surface area contributed by atoms with E-state index in [1.54, 1.807) is 19.2 Å². The van der Waals surface area contributed by atoms with Crippen LogP contribution in [0.3, 0.4) is 0 Å². The maximum Gasteiger partial charge on any atom is 0.291 e. The van der Waals surface area contributed by atoms with Gasteiger partial charge in [-0.15, -0.1) is 0 Å². The van der Waals surface area contributed by atoms with Gasteiger partial charge in [-0.1, -0.05) is 29.8 Å². The molecule has 5 rings (SSSR count). The number of para-hydroxylation sites is 1. The van der Waals surface area contributed by atoms with Gasteiger partial charge in [-0.25, -0.2) is 0 Å². The largest absolute Gasteiger partial charge is 0.450 e. The van der Waals surface area contributed by atoms with E-state index in [0.717, 1.165) is 5.56 Å². The number of likely N-dealkylation sites (N-methyl/N-ethyl adjacent to an activating group) is 1. The summed E-state index contributed by atoms with van der Waals surface area (Å²) in [6, 6.07) is 12.6. The molecule has 0 saturated heterocycles. The van der Waals surface area contributed by atoms with Crippen LogP contribution in [0.4, 0.5) is 5.69 Å². The molecule has 164 valence electrons. The van der Waals surface area contributed by atoms with E-state index in [2.05, 4.69) is 0 Å². The van der Waals surface area contributed by atoms with Gasteiger partial charge in [0.15, 0.2) is 11.0 Å². The molecule has 0 bridgehead atoms. The molecule has 2 aromatic carbocycles. The first kappa shape index (κ1) is 20.5. The molecule has 2 amide bonds. The minimum atomic E-state index is -1.54. The van der Waals surface area contributed by atoms with Crippen molar-refractivity contribution in [2.24, 2.45) is 0 Å². The van der Waals surface area contributed by atoms with Crippen LogP contribution >= 0.6 is 0 Å². The zero-order chi connectivity index (χ0) is 22.6. The fraction of sp³-hybridized carbons (Fsp3) is 0.320. The smallest absolute Gasteiger partial charge is 0.291 e. The van der Waals surface area contributed by atoms with E-state index in [1.807, 2.05) is 44.2 Å². The molecule has 0 radical (unpaired) electrons. The van der Waals surface area contributed by atoms with E-state index in [1.165, 1.54) is 9.80 Å². The van der Waals surface area contributed by atoms with Crippen LogP contribution in [-0.4, -0.2) is 43.5 Å². The van der Waals surface area contributed by atoms with Crippen molar-refractivity contribution in [1.29, 1.82) is 0 Å². The van der Waals surface area contributed by atoms with E-state index < -0.39 is 11.4 Å². The summed E-state index contributed by atoms with van der Waals surface area (Å²) < 4.78 is 11.5. The first-order valence-electron chi connectivity index (χ1n) is 10.8. The highest BCUT2D eigenvalue weighted by atomic mass is 16.5. The highest BCUT2D eigenvalue weighted by molar-refractivity contribution is 6.16. The van der Waals surface area contributed by atoms with Crippen LogP contribution in [0.15, 0.2) is 51.7 Å². The summed E-state index contributed by atoms with van der Waals surface area (Å²) >= 11 is 0. The minimum absolute atomic E-state index is 0.0544. The average Bonchev–Trinajstić information content (AvgIpc) is 3.17. The van der Waals surface area contributed by atoms with Crippen LogP contribution in [0.5, 0.6) is 0 Å². The number of amides is 2. The van der Waals surface area contributed by atoms with Crippen LogP contribution in [0.1, 0.15) is 40.6 Å². The number of rotatable bonds is 5. The van der Waals surface area contributed by atoms with Crippen molar-refractivity contribution in [3.8, 4) is 0 Å². The van der Waals surface area contributed by atoms with Gasteiger partial charge < -0.3 is 19.0 Å². The summed E-state index contributed by atoms with van der Waals surface area (Å²) in [5.41, 5.74) is 0.760. The second-order valence-electron chi connectivity index (χ2n) is 8.23. The molecule has 1 unspecified atom stereocenters. The molecule has 3 aromatic rings. The second kappa shape index (κ2) is 7.31. The Morgan fingerprint density at radius 1 is 1.09 bits per heavy atom. The Bertz CT molecular complexity index is 1330. The van der Waals surface area contributed by atoms with Crippen molar-refractivity contribution in [3.63, 3.8) is 0 Å². The molecule has 2 aliphatic rings. The molecular formula is C25H24N2O5. The molecular weight excluding hydrogens is 408 g/mol. The SMILES string of the molecule is CCOCCCN1C(=O)c2oc3ccc(C)cc3c(=O)c2C12C(=O)N(C)c1ccccc12. The number of carbonyl (C=O) groups excluding carboxylic acids is 2. The van der Waals surface area contributed by atoms with Gasteiger partial charge in [-0.05, 0) is 38.5 Å². The number of hydrogen-bond donors (Lipinski definition) is 0. The predicted octanol–water partition coefficient (Wildman–Crippen LogP) is 3.20. The lowest BCUT2D eigenvalue weighted by Gasteiger charge is -2.34. The Kier molecular flexibility index (Phi) is 4.67. The molecule has 7 heteroatoms. The van der Waals surface area contributed by atoms with Crippen LogP contribution in [0, 0.1) is 6.92 Å². The van der Waals surface area contributed by atoms with Gasteiger partial charge in [0.25, 0.3) is 11.8 Å². The number of ether oxygens (including phenoxy) is 1. The lowest BCUT2D eigenvalue weighted by Crippen LogP contribution is -2.53. The van der Waals surface area contributed by atoms with Gasteiger partial charge >= 0.3 is 0 Å². The normalized spacial score (nSPS) is 19.3. The number of aryl methyl sites for hydroxylation is 1. The van der Waals surface area contributed by atoms with Gasteiger partial charge in [0, 0.05) is 38.1 Å². The molecule has 7 nitrogen and oxygen atoms in total. The summed E-state index contributed by atoms with van der Waals surface area (Å²) in [5, 5.41) is 0.368. The molecule has 0 saturated carbocycles. The third-order valence-electron chi connectivity index (χ3n) is 6.40. The van der Waals surface area contributed by atoms with Gasteiger partial charge in [0.1, 0.15) is 5.58 Å². The number of hydrogen-bond acceptors (Lipinski definition) is 5. The zero-order valence-corrected chi connectivity index (χ0v) is 18.3. The molecule has 0 fully saturated rings. The Balaban J connectivity index is 1.82. The van der Waals surface area contributed by atoms with Gasteiger partial charge in [0.2, 0.25) is 5.76 Å². The van der Waals surface area contributed by atoms with E-state index >= 15 is 0 Å². The third-order valence-corrected chi connectivity index (χ3v) is 6.40. The van der Waals surface area contributed by atoms with Crippen LogP contribution in [0.25, 0.3) is 11.0 Å². The third kappa shape index (κ3) is 2.54. The summed E-state index contributed by atoms with van der Waals surface area (Å²) in [6.45, 7) is 5.05. The van der Waals surface area contributed by atoms with Gasteiger partial charge in [-0.3, -0.25) is 14.4 Å². The second-order valence-corrected chi connectivity index (χ2v) is 8.23. The number of nitrogens with zero attached hydrogens (tertiary/aromatic N) is 2. The van der Waals surface area contributed by atoms with Crippen LogP contribution in [-0.2, 0) is 15.1 Å². The molecule has 32 heavy (non-hydrogen) atoms. The number of benzene rings is 2. The molecule has 0 aliphatic carbocycles. The monoisotopic (exact) mass is 432 g/mol. The number of carbonyl (C=O) groups is 2. The van der Waals surface area contributed by atoms with Crippen molar-refractivity contribution >= 4 is 28.5 Å². The quantitative estimate of drug-likeness (QED) is 0.579. The molecule has 1 atom stereocenters.